The summed E-state index contributed by atoms with van der Waals surface area (Å²) in [4.78, 5) is 22.4. The van der Waals surface area contributed by atoms with Gasteiger partial charge in [0, 0.05) is 31.3 Å². The first kappa shape index (κ1) is 21.2. The number of fused-ring (bicyclic) bond motifs is 1. The molecule has 166 valence electrons. The summed E-state index contributed by atoms with van der Waals surface area (Å²) in [6.07, 6.45) is -2.55. The quantitative estimate of drug-likeness (QED) is 0.730. The van der Waals surface area contributed by atoms with Gasteiger partial charge in [-0.05, 0) is 43.9 Å². The predicted octanol–water partition coefficient (Wildman–Crippen LogP) is 4.06. The van der Waals surface area contributed by atoms with E-state index in [2.05, 4.69) is 9.97 Å². The van der Waals surface area contributed by atoms with Crippen LogP contribution >= 0.6 is 0 Å². The molecule has 1 N–H and O–H groups in total. The third-order valence-electron chi connectivity index (χ3n) is 5.49. The minimum Gasteiger partial charge on any atom is -0.481 e. The summed E-state index contributed by atoms with van der Waals surface area (Å²) in [5.74, 6) is 0.538. The van der Waals surface area contributed by atoms with Crippen molar-refractivity contribution >= 4 is 11.8 Å². The first-order valence-corrected chi connectivity index (χ1v) is 10.1. The van der Waals surface area contributed by atoms with Gasteiger partial charge in [0.25, 0.3) is 0 Å². The molecular formula is C21H22F3N3O4. The lowest BCUT2D eigenvalue weighted by Gasteiger charge is -2.32. The number of carboxylic acids is 1. The van der Waals surface area contributed by atoms with E-state index in [0.717, 1.165) is 5.56 Å². The van der Waals surface area contributed by atoms with Crippen LogP contribution in [0.3, 0.4) is 0 Å². The molecule has 2 aliphatic heterocycles. The van der Waals surface area contributed by atoms with Gasteiger partial charge < -0.3 is 19.5 Å². The van der Waals surface area contributed by atoms with E-state index in [-0.39, 0.29) is 19.6 Å². The van der Waals surface area contributed by atoms with Gasteiger partial charge in [0.05, 0.1) is 11.6 Å². The Morgan fingerprint density at radius 3 is 2.65 bits per heavy atom. The first-order valence-electron chi connectivity index (χ1n) is 10.1. The van der Waals surface area contributed by atoms with E-state index in [4.69, 9.17) is 9.47 Å². The standard InChI is InChI=1S/C21H22F3N3O4/c22-21(23,24)7-1-2-15-11-25-18(14-3-4-16-17(10-14)31-12-30-16)19(26-15)27-8-5-13(6-9-27)20(28)29/h3-4,10-11,13H,1-2,5-9,12H2,(H,28,29). The van der Waals surface area contributed by atoms with Crippen LogP contribution in [0.15, 0.2) is 24.4 Å². The molecule has 0 aliphatic carbocycles. The number of hydrogen-bond donors (Lipinski definition) is 1. The van der Waals surface area contributed by atoms with Gasteiger partial charge in [-0.25, -0.2) is 4.98 Å². The molecule has 0 bridgehead atoms. The minimum absolute atomic E-state index is 0.0674. The maximum atomic E-state index is 12.5. The van der Waals surface area contributed by atoms with Crippen LogP contribution in [0.4, 0.5) is 19.0 Å². The number of carbonyl (C=O) groups is 1. The molecule has 1 aromatic heterocycles. The highest BCUT2D eigenvalue weighted by atomic mass is 19.4. The van der Waals surface area contributed by atoms with Crippen LogP contribution in [0.25, 0.3) is 11.3 Å². The molecule has 0 unspecified atom stereocenters. The molecule has 3 heterocycles. The third-order valence-corrected chi connectivity index (χ3v) is 5.49. The molecule has 0 saturated carbocycles. The number of nitrogens with zero attached hydrogens (tertiary/aromatic N) is 3. The topological polar surface area (TPSA) is 84.8 Å². The van der Waals surface area contributed by atoms with Gasteiger partial charge in [0.2, 0.25) is 6.79 Å². The molecule has 1 saturated heterocycles. The monoisotopic (exact) mass is 437 g/mol. The summed E-state index contributed by atoms with van der Waals surface area (Å²) in [6.45, 7) is 1.10. The van der Waals surface area contributed by atoms with E-state index in [1.807, 2.05) is 11.0 Å². The van der Waals surface area contributed by atoms with Crippen LogP contribution in [-0.4, -0.2) is 47.1 Å². The van der Waals surface area contributed by atoms with Gasteiger partial charge in [-0.2, -0.15) is 13.2 Å². The Morgan fingerprint density at radius 2 is 1.94 bits per heavy atom. The molecule has 1 aromatic carbocycles. The minimum atomic E-state index is -4.21. The summed E-state index contributed by atoms with van der Waals surface area (Å²) >= 11 is 0. The number of aliphatic carboxylic acids is 1. The maximum absolute atomic E-state index is 12.5. The molecule has 7 nitrogen and oxygen atoms in total. The van der Waals surface area contributed by atoms with Crippen LogP contribution in [-0.2, 0) is 11.2 Å². The van der Waals surface area contributed by atoms with Crippen molar-refractivity contribution in [1.29, 1.82) is 0 Å². The van der Waals surface area contributed by atoms with Crippen molar-refractivity contribution in [3.63, 3.8) is 0 Å². The summed E-state index contributed by atoms with van der Waals surface area (Å²) in [5, 5.41) is 9.26. The van der Waals surface area contributed by atoms with E-state index < -0.39 is 24.5 Å². The van der Waals surface area contributed by atoms with Crippen LogP contribution < -0.4 is 14.4 Å². The Bertz CT molecular complexity index is 959. The smallest absolute Gasteiger partial charge is 0.389 e. The summed E-state index contributed by atoms with van der Waals surface area (Å²) < 4.78 is 48.3. The number of ether oxygens (including phenoxy) is 2. The average molecular weight is 437 g/mol. The first-order chi connectivity index (χ1) is 14.8. The van der Waals surface area contributed by atoms with Crippen molar-refractivity contribution in [3.8, 4) is 22.8 Å². The van der Waals surface area contributed by atoms with Crippen LogP contribution in [0, 0.1) is 5.92 Å². The molecule has 2 aliphatic rings. The lowest BCUT2D eigenvalue weighted by molar-refractivity contribution is -0.142. The van der Waals surface area contributed by atoms with Crippen molar-refractivity contribution in [1.82, 2.24) is 9.97 Å². The van der Waals surface area contributed by atoms with E-state index >= 15 is 0 Å². The molecule has 2 aromatic rings. The molecule has 10 heteroatoms. The van der Waals surface area contributed by atoms with Crippen molar-refractivity contribution in [2.24, 2.45) is 5.92 Å². The Labute approximate surface area is 176 Å². The van der Waals surface area contributed by atoms with E-state index in [1.54, 1.807) is 12.1 Å². The van der Waals surface area contributed by atoms with Crippen molar-refractivity contribution < 1.29 is 32.5 Å². The number of hydrogen-bond acceptors (Lipinski definition) is 6. The van der Waals surface area contributed by atoms with E-state index in [0.29, 0.717) is 54.6 Å². The number of benzene rings is 1. The third kappa shape index (κ3) is 5.00. The number of rotatable bonds is 6. The fraction of sp³-hybridized carbons (Fsp3) is 0.476. The SMILES string of the molecule is O=C(O)C1CCN(c2nc(CCCC(F)(F)F)cnc2-c2ccc3c(c2)OCO3)CC1. The van der Waals surface area contributed by atoms with Gasteiger partial charge in [-0.3, -0.25) is 9.78 Å². The van der Waals surface area contributed by atoms with Gasteiger partial charge in [-0.1, -0.05) is 0 Å². The second kappa shape index (κ2) is 8.60. The number of aryl methyl sites for hydroxylation is 1. The largest absolute Gasteiger partial charge is 0.481 e. The zero-order valence-corrected chi connectivity index (χ0v) is 16.7. The number of anilines is 1. The fourth-order valence-corrected chi connectivity index (χ4v) is 3.81. The molecule has 4 rings (SSSR count). The van der Waals surface area contributed by atoms with Crippen LogP contribution in [0.2, 0.25) is 0 Å². The van der Waals surface area contributed by atoms with Crippen molar-refractivity contribution in [3.05, 3.63) is 30.1 Å². The van der Waals surface area contributed by atoms with Crippen LogP contribution in [0.5, 0.6) is 11.5 Å². The average Bonchev–Trinajstić information content (AvgIpc) is 3.21. The molecule has 0 spiro atoms. The van der Waals surface area contributed by atoms with Crippen LogP contribution in [0.1, 0.15) is 31.4 Å². The number of halogens is 3. The molecule has 0 radical (unpaired) electrons. The Morgan fingerprint density at radius 1 is 1.19 bits per heavy atom. The molecule has 0 amide bonds. The van der Waals surface area contributed by atoms with Gasteiger partial charge in [-0.15, -0.1) is 0 Å². The van der Waals surface area contributed by atoms with Gasteiger partial charge in [0.15, 0.2) is 17.3 Å². The van der Waals surface area contributed by atoms with E-state index in [9.17, 15) is 23.1 Å². The molecule has 31 heavy (non-hydrogen) atoms. The summed E-state index contributed by atoms with van der Waals surface area (Å²) in [7, 11) is 0. The number of aromatic nitrogens is 2. The Kier molecular flexibility index (Phi) is 5.88. The predicted molar refractivity (Wildman–Crippen MR) is 105 cm³/mol. The number of alkyl halides is 3. The summed E-state index contributed by atoms with van der Waals surface area (Å²) in [5.41, 5.74) is 1.80. The fourth-order valence-electron chi connectivity index (χ4n) is 3.81. The molecular weight excluding hydrogens is 415 g/mol. The molecule has 0 atom stereocenters. The second-order valence-electron chi connectivity index (χ2n) is 7.67. The molecule has 1 fully saturated rings. The zero-order valence-electron chi connectivity index (χ0n) is 16.7. The van der Waals surface area contributed by atoms with E-state index in [1.165, 1.54) is 6.20 Å². The van der Waals surface area contributed by atoms with Gasteiger partial charge >= 0.3 is 12.1 Å². The highest BCUT2D eigenvalue weighted by molar-refractivity contribution is 5.75. The highest BCUT2D eigenvalue weighted by Crippen LogP contribution is 2.38. The van der Waals surface area contributed by atoms with Crippen molar-refractivity contribution in [2.45, 2.75) is 38.3 Å². The Hall–Kier alpha value is -3.04. The lowest BCUT2D eigenvalue weighted by atomic mass is 9.97. The summed E-state index contributed by atoms with van der Waals surface area (Å²) in [6, 6.07) is 5.40. The normalized spacial score (nSPS) is 16.5. The zero-order chi connectivity index (χ0) is 22.0. The Balaban J connectivity index is 1.61. The number of piperidine rings is 1. The lowest BCUT2D eigenvalue weighted by Crippen LogP contribution is -2.37. The van der Waals surface area contributed by atoms with Crippen molar-refractivity contribution in [2.75, 3.05) is 24.8 Å². The van der Waals surface area contributed by atoms with Gasteiger partial charge in [0.1, 0.15) is 5.69 Å². The number of carboxylic acid groups (broad SMARTS) is 1. The second-order valence-corrected chi connectivity index (χ2v) is 7.67. The highest BCUT2D eigenvalue weighted by Gasteiger charge is 2.29. The maximum Gasteiger partial charge on any atom is 0.389 e.